The van der Waals surface area contributed by atoms with Crippen LogP contribution in [-0.2, 0) is 4.79 Å². The van der Waals surface area contributed by atoms with Crippen LogP contribution >= 0.6 is 0 Å². The molecule has 0 bridgehead atoms. The van der Waals surface area contributed by atoms with Crippen LogP contribution in [0.25, 0.3) is 10.8 Å². The van der Waals surface area contributed by atoms with E-state index < -0.39 is 0 Å². The number of carbonyl (C=O) groups is 1. The molecule has 18 heavy (non-hydrogen) atoms. The molecular weight excluding hydrogens is 229 g/mol. The first-order valence-corrected chi connectivity index (χ1v) is 6.07. The van der Waals surface area contributed by atoms with Crippen LogP contribution in [0.5, 0.6) is 0 Å². The first-order valence-electron chi connectivity index (χ1n) is 6.07. The van der Waals surface area contributed by atoms with Crippen LogP contribution in [0.15, 0.2) is 36.4 Å². The molecule has 0 radical (unpaired) electrons. The summed E-state index contributed by atoms with van der Waals surface area (Å²) >= 11 is 0. The topological polar surface area (TPSA) is 29.1 Å². The van der Waals surface area contributed by atoms with E-state index in [1.165, 1.54) is 12.1 Å². The number of rotatable bonds is 3. The molecule has 2 aromatic carbocycles. The number of benzene rings is 2. The monoisotopic (exact) mass is 245 g/mol. The smallest absolute Gasteiger partial charge is 0.227 e. The third-order valence-electron chi connectivity index (χ3n) is 3.22. The van der Waals surface area contributed by atoms with Gasteiger partial charge in [-0.15, -0.1) is 0 Å². The first-order chi connectivity index (χ1) is 8.67. The lowest BCUT2D eigenvalue weighted by Gasteiger charge is -2.16. The van der Waals surface area contributed by atoms with Crippen molar-refractivity contribution in [1.29, 1.82) is 0 Å². The molecule has 2 nitrogen and oxygen atoms in total. The molecule has 1 N–H and O–H groups in total. The maximum atomic E-state index is 13.4. The number of hydrogen-bond donors (Lipinski definition) is 1. The van der Waals surface area contributed by atoms with Gasteiger partial charge in [0.1, 0.15) is 5.82 Å². The normalized spacial score (nSPS) is 12.4. The van der Waals surface area contributed by atoms with Crippen LogP contribution in [-0.4, -0.2) is 13.0 Å². The van der Waals surface area contributed by atoms with Crippen LogP contribution in [0.1, 0.15) is 24.8 Å². The van der Waals surface area contributed by atoms with E-state index in [0.29, 0.717) is 6.42 Å². The number of likely N-dealkylation sites (N-methyl/N-ethyl adjacent to an activating group) is 1. The molecule has 0 aliphatic carbocycles. The number of carbonyl (C=O) groups excluding carboxylic acids is 1. The number of halogens is 1. The standard InChI is InChI=1S/C15H16FNO/c1-3-12(15(18)17-2)13-6-4-5-10-7-8-11(16)9-14(10)13/h4-9,12H,3H2,1-2H3,(H,17,18). The highest BCUT2D eigenvalue weighted by molar-refractivity contribution is 5.92. The van der Waals surface area contributed by atoms with Gasteiger partial charge in [0.2, 0.25) is 5.91 Å². The highest BCUT2D eigenvalue weighted by atomic mass is 19.1. The van der Waals surface area contributed by atoms with Gasteiger partial charge in [0, 0.05) is 7.05 Å². The van der Waals surface area contributed by atoms with Crippen molar-refractivity contribution in [2.45, 2.75) is 19.3 Å². The average Bonchev–Trinajstić information content (AvgIpc) is 2.39. The molecule has 0 aromatic heterocycles. The molecule has 1 amide bonds. The summed E-state index contributed by atoms with van der Waals surface area (Å²) in [6, 6.07) is 10.4. The van der Waals surface area contributed by atoms with Crippen molar-refractivity contribution in [1.82, 2.24) is 5.32 Å². The maximum absolute atomic E-state index is 13.4. The van der Waals surface area contributed by atoms with Crippen molar-refractivity contribution in [2.24, 2.45) is 0 Å². The summed E-state index contributed by atoms with van der Waals surface area (Å²) in [5, 5.41) is 4.43. The van der Waals surface area contributed by atoms with E-state index in [4.69, 9.17) is 0 Å². The Labute approximate surface area is 106 Å². The van der Waals surface area contributed by atoms with Gasteiger partial charge >= 0.3 is 0 Å². The van der Waals surface area contributed by atoms with Gasteiger partial charge in [-0.05, 0) is 34.9 Å². The number of hydrogen-bond acceptors (Lipinski definition) is 1. The Morgan fingerprint density at radius 1 is 1.33 bits per heavy atom. The number of amides is 1. The molecule has 2 aromatic rings. The highest BCUT2D eigenvalue weighted by Gasteiger charge is 2.19. The zero-order chi connectivity index (χ0) is 13.1. The van der Waals surface area contributed by atoms with Crippen LogP contribution in [0.2, 0.25) is 0 Å². The second-order valence-electron chi connectivity index (χ2n) is 4.29. The van der Waals surface area contributed by atoms with Crippen LogP contribution in [0.3, 0.4) is 0 Å². The zero-order valence-corrected chi connectivity index (χ0v) is 10.5. The Morgan fingerprint density at radius 3 is 2.78 bits per heavy atom. The summed E-state index contributed by atoms with van der Waals surface area (Å²) in [4.78, 5) is 11.9. The molecule has 94 valence electrons. The van der Waals surface area contributed by atoms with E-state index in [1.54, 1.807) is 13.1 Å². The minimum Gasteiger partial charge on any atom is -0.359 e. The van der Waals surface area contributed by atoms with Crippen molar-refractivity contribution in [3.05, 3.63) is 47.8 Å². The van der Waals surface area contributed by atoms with Crippen molar-refractivity contribution >= 4 is 16.7 Å². The molecule has 0 spiro atoms. The predicted octanol–water partition coefficient (Wildman–Crippen LogP) is 3.22. The lowest BCUT2D eigenvalue weighted by atomic mass is 9.91. The summed E-state index contributed by atoms with van der Waals surface area (Å²) in [7, 11) is 1.62. The van der Waals surface area contributed by atoms with Gasteiger partial charge in [0.15, 0.2) is 0 Å². The minimum absolute atomic E-state index is 0.0331. The van der Waals surface area contributed by atoms with Crippen molar-refractivity contribution < 1.29 is 9.18 Å². The van der Waals surface area contributed by atoms with E-state index >= 15 is 0 Å². The van der Waals surface area contributed by atoms with Gasteiger partial charge < -0.3 is 5.32 Å². The van der Waals surface area contributed by atoms with Gasteiger partial charge in [-0.3, -0.25) is 4.79 Å². The Kier molecular flexibility index (Phi) is 3.60. The second kappa shape index (κ2) is 5.17. The van der Waals surface area contributed by atoms with E-state index in [0.717, 1.165) is 16.3 Å². The molecule has 3 heteroatoms. The Hall–Kier alpha value is -1.90. The summed E-state index contributed by atoms with van der Waals surface area (Å²) in [5.74, 6) is -0.545. The molecule has 0 heterocycles. The van der Waals surface area contributed by atoms with Crippen molar-refractivity contribution in [2.75, 3.05) is 7.05 Å². The van der Waals surface area contributed by atoms with E-state index in [9.17, 15) is 9.18 Å². The zero-order valence-electron chi connectivity index (χ0n) is 10.5. The molecule has 0 saturated carbocycles. The van der Waals surface area contributed by atoms with Gasteiger partial charge in [-0.25, -0.2) is 4.39 Å². The fraction of sp³-hybridized carbons (Fsp3) is 0.267. The van der Waals surface area contributed by atoms with E-state index in [1.807, 2.05) is 25.1 Å². The first kappa shape index (κ1) is 12.6. The van der Waals surface area contributed by atoms with Gasteiger partial charge in [0.05, 0.1) is 5.92 Å². The molecule has 1 unspecified atom stereocenters. The second-order valence-corrected chi connectivity index (χ2v) is 4.29. The van der Waals surface area contributed by atoms with Crippen molar-refractivity contribution in [3.63, 3.8) is 0 Å². The van der Waals surface area contributed by atoms with Gasteiger partial charge in [-0.2, -0.15) is 0 Å². The summed E-state index contributed by atoms with van der Waals surface area (Å²) in [5.41, 5.74) is 0.883. The van der Waals surface area contributed by atoms with Crippen molar-refractivity contribution in [3.8, 4) is 0 Å². The maximum Gasteiger partial charge on any atom is 0.227 e. The fourth-order valence-electron chi connectivity index (χ4n) is 2.29. The molecule has 0 fully saturated rings. The lowest BCUT2D eigenvalue weighted by Crippen LogP contribution is -2.25. The Morgan fingerprint density at radius 2 is 2.11 bits per heavy atom. The quantitative estimate of drug-likeness (QED) is 0.883. The molecule has 0 saturated heterocycles. The molecule has 0 aliphatic rings. The van der Waals surface area contributed by atoms with Crippen LogP contribution in [0, 0.1) is 5.82 Å². The summed E-state index contributed by atoms with van der Waals surface area (Å²) in [6.07, 6.45) is 0.690. The molecule has 2 rings (SSSR count). The summed E-state index contributed by atoms with van der Waals surface area (Å²) < 4.78 is 13.4. The predicted molar refractivity (Wildman–Crippen MR) is 71.0 cm³/mol. The fourth-order valence-corrected chi connectivity index (χ4v) is 2.29. The Bertz CT molecular complexity index is 580. The number of nitrogens with one attached hydrogen (secondary N) is 1. The molecule has 0 aliphatic heterocycles. The Balaban J connectivity index is 2.62. The van der Waals surface area contributed by atoms with Gasteiger partial charge in [0.25, 0.3) is 0 Å². The van der Waals surface area contributed by atoms with Crippen LogP contribution in [0.4, 0.5) is 4.39 Å². The minimum atomic E-state index is -0.276. The van der Waals surface area contributed by atoms with Crippen LogP contribution < -0.4 is 5.32 Å². The van der Waals surface area contributed by atoms with E-state index in [2.05, 4.69) is 5.32 Å². The third-order valence-corrected chi connectivity index (χ3v) is 3.22. The largest absolute Gasteiger partial charge is 0.359 e. The molecular formula is C15H16FNO. The SMILES string of the molecule is CCC(C(=O)NC)c1cccc2ccc(F)cc12. The third kappa shape index (κ3) is 2.21. The number of fused-ring (bicyclic) bond motifs is 1. The molecule has 1 atom stereocenters. The van der Waals surface area contributed by atoms with E-state index in [-0.39, 0.29) is 17.6 Å². The van der Waals surface area contributed by atoms with Gasteiger partial charge in [-0.1, -0.05) is 31.2 Å². The highest BCUT2D eigenvalue weighted by Crippen LogP contribution is 2.28. The average molecular weight is 245 g/mol. The lowest BCUT2D eigenvalue weighted by molar-refractivity contribution is -0.122. The summed E-state index contributed by atoms with van der Waals surface area (Å²) in [6.45, 7) is 1.96.